The van der Waals surface area contributed by atoms with Crippen LogP contribution < -0.4 is 10.1 Å². The van der Waals surface area contributed by atoms with Gasteiger partial charge in [0.15, 0.2) is 6.61 Å². The van der Waals surface area contributed by atoms with Gasteiger partial charge in [0.25, 0.3) is 5.91 Å². The molecule has 0 radical (unpaired) electrons. The SMILES string of the molecule is Cc1cccc(NC(=O)COc2ccc(C=Nc3ccc(C)cc3C)cc2)c1. The predicted octanol–water partition coefficient (Wildman–Crippen LogP) is 5.38. The highest BCUT2D eigenvalue weighted by Crippen LogP contribution is 2.20. The Balaban J connectivity index is 1.54. The van der Waals surface area contributed by atoms with Crippen LogP contribution in [0.25, 0.3) is 0 Å². The highest BCUT2D eigenvalue weighted by Gasteiger charge is 2.04. The van der Waals surface area contributed by atoms with Gasteiger partial charge >= 0.3 is 0 Å². The molecule has 28 heavy (non-hydrogen) atoms. The maximum absolute atomic E-state index is 12.0. The average molecular weight is 372 g/mol. The lowest BCUT2D eigenvalue weighted by Crippen LogP contribution is -2.20. The van der Waals surface area contributed by atoms with Crippen molar-refractivity contribution < 1.29 is 9.53 Å². The Morgan fingerprint density at radius 2 is 1.71 bits per heavy atom. The molecule has 0 spiro atoms. The largest absolute Gasteiger partial charge is 0.484 e. The maximum atomic E-state index is 12.0. The molecule has 1 amide bonds. The summed E-state index contributed by atoms with van der Waals surface area (Å²) in [7, 11) is 0. The topological polar surface area (TPSA) is 50.7 Å². The van der Waals surface area contributed by atoms with Crippen LogP contribution in [-0.4, -0.2) is 18.7 Å². The summed E-state index contributed by atoms with van der Waals surface area (Å²) >= 11 is 0. The van der Waals surface area contributed by atoms with Gasteiger partial charge in [0.05, 0.1) is 5.69 Å². The van der Waals surface area contributed by atoms with Crippen molar-refractivity contribution in [2.24, 2.45) is 4.99 Å². The van der Waals surface area contributed by atoms with E-state index in [1.807, 2.05) is 67.7 Å². The van der Waals surface area contributed by atoms with E-state index in [1.54, 1.807) is 0 Å². The Morgan fingerprint density at radius 1 is 0.964 bits per heavy atom. The van der Waals surface area contributed by atoms with Crippen molar-refractivity contribution >= 4 is 23.5 Å². The first-order chi connectivity index (χ1) is 13.5. The molecule has 0 unspecified atom stereocenters. The van der Waals surface area contributed by atoms with Crippen LogP contribution in [0.1, 0.15) is 22.3 Å². The number of nitrogens with zero attached hydrogens (tertiary/aromatic N) is 1. The molecule has 0 atom stereocenters. The summed E-state index contributed by atoms with van der Waals surface area (Å²) in [6, 6.07) is 21.4. The van der Waals surface area contributed by atoms with Gasteiger partial charge < -0.3 is 10.1 Å². The van der Waals surface area contributed by atoms with Crippen molar-refractivity contribution in [2.75, 3.05) is 11.9 Å². The highest BCUT2D eigenvalue weighted by atomic mass is 16.5. The Labute approximate surface area is 165 Å². The number of aliphatic imine (C=N–C) groups is 1. The van der Waals surface area contributed by atoms with Gasteiger partial charge in [-0.05, 0) is 79.9 Å². The number of nitrogens with one attached hydrogen (secondary N) is 1. The number of hydrogen-bond donors (Lipinski definition) is 1. The van der Waals surface area contributed by atoms with Crippen molar-refractivity contribution in [2.45, 2.75) is 20.8 Å². The third-order valence-electron chi connectivity index (χ3n) is 4.26. The summed E-state index contributed by atoms with van der Waals surface area (Å²) in [5.74, 6) is 0.453. The van der Waals surface area contributed by atoms with Crippen molar-refractivity contribution in [1.29, 1.82) is 0 Å². The van der Waals surface area contributed by atoms with Crippen LogP contribution in [0.3, 0.4) is 0 Å². The lowest BCUT2D eigenvalue weighted by atomic mass is 10.1. The van der Waals surface area contributed by atoms with Gasteiger partial charge in [0, 0.05) is 11.9 Å². The molecule has 0 aliphatic rings. The number of amides is 1. The Hall–Kier alpha value is -3.40. The minimum Gasteiger partial charge on any atom is -0.484 e. The Bertz CT molecular complexity index is 992. The lowest BCUT2D eigenvalue weighted by molar-refractivity contribution is -0.118. The van der Waals surface area contributed by atoms with Crippen LogP contribution in [-0.2, 0) is 4.79 Å². The van der Waals surface area contributed by atoms with Gasteiger partial charge in [-0.3, -0.25) is 9.79 Å². The second-order valence-corrected chi connectivity index (χ2v) is 6.82. The summed E-state index contributed by atoms with van der Waals surface area (Å²) in [5, 5.41) is 2.83. The standard InChI is InChI=1S/C24H24N2O2/c1-17-5-4-6-21(14-17)26-24(27)16-28-22-10-8-20(9-11-22)15-25-23-12-7-18(2)13-19(23)3/h4-15H,16H2,1-3H3,(H,26,27). The van der Waals surface area contributed by atoms with Gasteiger partial charge in [-0.2, -0.15) is 0 Å². The Morgan fingerprint density at radius 3 is 2.43 bits per heavy atom. The first-order valence-electron chi connectivity index (χ1n) is 9.20. The third-order valence-corrected chi connectivity index (χ3v) is 4.26. The highest BCUT2D eigenvalue weighted by molar-refractivity contribution is 5.92. The second kappa shape index (κ2) is 9.00. The summed E-state index contributed by atoms with van der Waals surface area (Å²) in [4.78, 5) is 16.6. The predicted molar refractivity (Wildman–Crippen MR) is 115 cm³/mol. The zero-order valence-corrected chi connectivity index (χ0v) is 16.4. The first-order valence-corrected chi connectivity index (χ1v) is 9.20. The van der Waals surface area contributed by atoms with E-state index in [9.17, 15) is 4.79 Å². The number of carbonyl (C=O) groups excluding carboxylic acids is 1. The van der Waals surface area contributed by atoms with E-state index in [4.69, 9.17) is 4.74 Å². The minimum atomic E-state index is -0.189. The maximum Gasteiger partial charge on any atom is 0.262 e. The molecule has 4 nitrogen and oxygen atoms in total. The zero-order valence-electron chi connectivity index (χ0n) is 16.4. The van der Waals surface area contributed by atoms with E-state index < -0.39 is 0 Å². The van der Waals surface area contributed by atoms with Crippen molar-refractivity contribution in [1.82, 2.24) is 0 Å². The van der Waals surface area contributed by atoms with Crippen LogP contribution in [0, 0.1) is 20.8 Å². The number of benzene rings is 3. The van der Waals surface area contributed by atoms with E-state index in [-0.39, 0.29) is 12.5 Å². The molecule has 4 heteroatoms. The minimum absolute atomic E-state index is 0.0378. The molecule has 1 N–H and O–H groups in total. The number of rotatable bonds is 6. The van der Waals surface area contributed by atoms with Crippen LogP contribution in [0.4, 0.5) is 11.4 Å². The molecule has 3 aromatic carbocycles. The van der Waals surface area contributed by atoms with Gasteiger partial charge in [-0.15, -0.1) is 0 Å². The summed E-state index contributed by atoms with van der Waals surface area (Å²) in [6.45, 7) is 6.07. The summed E-state index contributed by atoms with van der Waals surface area (Å²) in [6.07, 6.45) is 1.83. The van der Waals surface area contributed by atoms with Crippen molar-refractivity contribution in [3.05, 3.63) is 89.0 Å². The smallest absolute Gasteiger partial charge is 0.262 e. The van der Waals surface area contributed by atoms with E-state index in [2.05, 4.69) is 36.3 Å². The van der Waals surface area contributed by atoms with E-state index in [0.29, 0.717) is 5.75 Å². The molecule has 0 saturated carbocycles. The average Bonchev–Trinajstić information content (AvgIpc) is 2.66. The first kappa shape index (κ1) is 19.4. The number of aryl methyl sites for hydroxylation is 3. The second-order valence-electron chi connectivity index (χ2n) is 6.82. The molecule has 142 valence electrons. The molecule has 0 bridgehead atoms. The monoisotopic (exact) mass is 372 g/mol. The van der Waals surface area contributed by atoms with Crippen LogP contribution in [0.5, 0.6) is 5.75 Å². The Kier molecular flexibility index (Phi) is 6.22. The molecule has 0 saturated heterocycles. The summed E-state index contributed by atoms with van der Waals surface area (Å²) in [5.41, 5.74) is 6.17. The van der Waals surface area contributed by atoms with Crippen LogP contribution >= 0.6 is 0 Å². The number of anilines is 1. The number of hydrogen-bond acceptors (Lipinski definition) is 3. The van der Waals surface area contributed by atoms with Gasteiger partial charge in [-0.25, -0.2) is 0 Å². The number of ether oxygens (including phenoxy) is 1. The van der Waals surface area contributed by atoms with Crippen LogP contribution in [0.2, 0.25) is 0 Å². The molecule has 3 aromatic rings. The molecule has 0 heterocycles. The normalized spacial score (nSPS) is 10.8. The molecule has 0 aliphatic heterocycles. The van der Waals surface area contributed by atoms with Gasteiger partial charge in [0.2, 0.25) is 0 Å². The quantitative estimate of drug-likeness (QED) is 0.591. The number of carbonyl (C=O) groups is 1. The van der Waals surface area contributed by atoms with Gasteiger partial charge in [-0.1, -0.05) is 29.8 Å². The third kappa shape index (κ3) is 5.55. The summed E-state index contributed by atoms with van der Waals surface area (Å²) < 4.78 is 5.56. The fourth-order valence-corrected chi connectivity index (χ4v) is 2.81. The zero-order chi connectivity index (χ0) is 19.9. The molecule has 3 rings (SSSR count). The molecule has 0 fully saturated rings. The molecule has 0 aliphatic carbocycles. The van der Waals surface area contributed by atoms with E-state index in [1.165, 1.54) is 5.56 Å². The van der Waals surface area contributed by atoms with Crippen molar-refractivity contribution in [3.8, 4) is 5.75 Å². The molecular weight excluding hydrogens is 348 g/mol. The van der Waals surface area contributed by atoms with Crippen molar-refractivity contribution in [3.63, 3.8) is 0 Å². The van der Waals surface area contributed by atoms with Gasteiger partial charge in [0.1, 0.15) is 5.75 Å². The lowest BCUT2D eigenvalue weighted by Gasteiger charge is -2.08. The molecular formula is C24H24N2O2. The van der Waals surface area contributed by atoms with Crippen LogP contribution in [0.15, 0.2) is 71.7 Å². The fraction of sp³-hybridized carbons (Fsp3) is 0.167. The van der Waals surface area contributed by atoms with E-state index in [0.717, 1.165) is 28.1 Å². The molecule has 0 aromatic heterocycles. The fourth-order valence-electron chi connectivity index (χ4n) is 2.81. The van der Waals surface area contributed by atoms with E-state index >= 15 is 0 Å².